The van der Waals surface area contributed by atoms with Crippen LogP contribution in [0.2, 0.25) is 0 Å². The average molecular weight is 304 g/mol. The number of nitrogens with zero attached hydrogens (tertiary/aromatic N) is 2. The van der Waals surface area contributed by atoms with Crippen LogP contribution in [0.4, 0.5) is 5.69 Å². The molecule has 0 aliphatic heterocycles. The number of anilines is 1. The summed E-state index contributed by atoms with van der Waals surface area (Å²) in [4.78, 5) is 23.4. The first kappa shape index (κ1) is 13.9. The fraction of sp³-hybridized carbons (Fsp3) is 0.357. The van der Waals surface area contributed by atoms with Crippen molar-refractivity contribution in [1.82, 2.24) is 15.0 Å². The molecular formula is C14H16N4O2S. The summed E-state index contributed by atoms with van der Waals surface area (Å²) in [6, 6.07) is 1.73. The van der Waals surface area contributed by atoms with Crippen LogP contribution in [0.5, 0.6) is 5.88 Å². The van der Waals surface area contributed by atoms with E-state index in [0.29, 0.717) is 22.5 Å². The van der Waals surface area contributed by atoms with E-state index in [9.17, 15) is 4.79 Å². The molecule has 0 atom stereocenters. The molecule has 7 heteroatoms. The molecule has 0 unspecified atom stereocenters. The van der Waals surface area contributed by atoms with Crippen molar-refractivity contribution in [2.75, 3.05) is 12.8 Å². The Balaban J connectivity index is 1.83. The summed E-state index contributed by atoms with van der Waals surface area (Å²) in [5.74, 6) is 1.05. The Bertz CT molecular complexity index is 729. The second-order valence-corrected chi connectivity index (χ2v) is 5.79. The molecule has 3 rings (SSSR count). The molecule has 0 aromatic carbocycles. The van der Waals surface area contributed by atoms with E-state index in [1.165, 1.54) is 11.8 Å². The number of methoxy groups -OCH3 is 1. The Labute approximate surface area is 126 Å². The number of ether oxygens (including phenoxy) is 1. The van der Waals surface area contributed by atoms with Gasteiger partial charge in [0.15, 0.2) is 5.16 Å². The number of rotatable bonds is 4. The zero-order valence-electron chi connectivity index (χ0n) is 11.7. The summed E-state index contributed by atoms with van der Waals surface area (Å²) < 4.78 is 5.22. The van der Waals surface area contributed by atoms with Crippen molar-refractivity contribution < 1.29 is 4.74 Å². The largest absolute Gasteiger partial charge is 0.481 e. The van der Waals surface area contributed by atoms with E-state index >= 15 is 0 Å². The predicted octanol–water partition coefficient (Wildman–Crippen LogP) is 1.54. The Hall–Kier alpha value is -2.02. The number of pyridine rings is 1. The number of fused-ring (bicyclic) bond motifs is 1. The van der Waals surface area contributed by atoms with Crippen molar-refractivity contribution in [2.45, 2.75) is 30.2 Å². The van der Waals surface area contributed by atoms with Crippen molar-refractivity contribution in [3.63, 3.8) is 0 Å². The first-order chi connectivity index (χ1) is 10.2. The van der Waals surface area contributed by atoms with Gasteiger partial charge in [-0.2, -0.15) is 0 Å². The number of hydrogen-bond donors (Lipinski definition) is 2. The minimum Gasteiger partial charge on any atom is -0.481 e. The molecule has 0 fully saturated rings. The second-order valence-electron chi connectivity index (χ2n) is 4.83. The topological polar surface area (TPSA) is 93.9 Å². The van der Waals surface area contributed by atoms with E-state index < -0.39 is 0 Å². The molecule has 21 heavy (non-hydrogen) atoms. The number of hydrogen-bond acceptors (Lipinski definition) is 6. The van der Waals surface area contributed by atoms with Crippen LogP contribution in [-0.2, 0) is 18.6 Å². The minimum absolute atomic E-state index is 0.0221. The molecule has 1 aliphatic rings. The number of thioether (sulfide) groups is 1. The molecule has 0 amide bonds. The maximum absolute atomic E-state index is 12.0. The van der Waals surface area contributed by atoms with Gasteiger partial charge in [0, 0.05) is 28.8 Å². The lowest BCUT2D eigenvalue weighted by Crippen LogP contribution is -2.15. The lowest BCUT2D eigenvalue weighted by atomic mass is 10.2. The van der Waals surface area contributed by atoms with Gasteiger partial charge in [0.2, 0.25) is 5.88 Å². The van der Waals surface area contributed by atoms with Crippen LogP contribution < -0.4 is 16.0 Å². The van der Waals surface area contributed by atoms with Crippen LogP contribution in [0.15, 0.2) is 22.2 Å². The molecule has 2 aromatic rings. The predicted molar refractivity (Wildman–Crippen MR) is 81.6 cm³/mol. The molecule has 3 N–H and O–H groups in total. The fourth-order valence-electron chi connectivity index (χ4n) is 2.44. The fourth-order valence-corrected chi connectivity index (χ4v) is 3.35. The molecule has 0 radical (unpaired) electrons. The second kappa shape index (κ2) is 5.77. The Morgan fingerprint density at radius 2 is 2.33 bits per heavy atom. The normalized spacial score (nSPS) is 13.2. The maximum Gasteiger partial charge on any atom is 0.254 e. The summed E-state index contributed by atoms with van der Waals surface area (Å²) in [7, 11) is 1.56. The van der Waals surface area contributed by atoms with Crippen molar-refractivity contribution in [2.24, 2.45) is 0 Å². The van der Waals surface area contributed by atoms with Crippen molar-refractivity contribution in [3.05, 3.63) is 39.4 Å². The smallest absolute Gasteiger partial charge is 0.254 e. The third-order valence-electron chi connectivity index (χ3n) is 3.52. The van der Waals surface area contributed by atoms with Crippen molar-refractivity contribution in [3.8, 4) is 5.88 Å². The number of aromatic nitrogens is 3. The van der Waals surface area contributed by atoms with Gasteiger partial charge in [-0.3, -0.25) is 4.79 Å². The van der Waals surface area contributed by atoms with Gasteiger partial charge in [-0.25, -0.2) is 9.97 Å². The summed E-state index contributed by atoms with van der Waals surface area (Å²) in [5, 5.41) is 0.617. The third-order valence-corrected chi connectivity index (χ3v) is 4.42. The van der Waals surface area contributed by atoms with Crippen LogP contribution in [0.1, 0.15) is 23.2 Å². The van der Waals surface area contributed by atoms with Gasteiger partial charge in [0.25, 0.3) is 5.56 Å². The molecule has 110 valence electrons. The van der Waals surface area contributed by atoms with Gasteiger partial charge in [-0.05, 0) is 25.3 Å². The highest BCUT2D eigenvalue weighted by Crippen LogP contribution is 2.29. The molecule has 0 saturated carbocycles. The van der Waals surface area contributed by atoms with Crippen LogP contribution in [0.3, 0.4) is 0 Å². The quantitative estimate of drug-likeness (QED) is 0.657. The van der Waals surface area contributed by atoms with E-state index in [2.05, 4.69) is 15.0 Å². The first-order valence-corrected chi connectivity index (χ1v) is 7.70. The molecule has 1 aliphatic carbocycles. The van der Waals surface area contributed by atoms with Gasteiger partial charge in [-0.15, -0.1) is 0 Å². The number of H-pyrrole nitrogens is 1. The summed E-state index contributed by atoms with van der Waals surface area (Å²) >= 11 is 1.43. The van der Waals surface area contributed by atoms with Gasteiger partial charge in [0.05, 0.1) is 12.8 Å². The summed E-state index contributed by atoms with van der Waals surface area (Å²) in [6.45, 7) is 0. The molecule has 0 spiro atoms. The van der Waals surface area contributed by atoms with Crippen LogP contribution in [0, 0.1) is 0 Å². The number of nitrogens with two attached hydrogens (primary N) is 1. The third kappa shape index (κ3) is 2.73. The van der Waals surface area contributed by atoms with Gasteiger partial charge in [-0.1, -0.05) is 11.8 Å². The molecule has 2 aromatic heterocycles. The lowest BCUT2D eigenvalue weighted by Gasteiger charge is -2.09. The number of aromatic amines is 1. The van der Waals surface area contributed by atoms with E-state index in [0.717, 1.165) is 36.1 Å². The van der Waals surface area contributed by atoms with E-state index in [1.807, 2.05) is 0 Å². The zero-order valence-corrected chi connectivity index (χ0v) is 12.5. The first-order valence-electron chi connectivity index (χ1n) is 6.71. The van der Waals surface area contributed by atoms with E-state index in [-0.39, 0.29) is 5.56 Å². The SMILES string of the molecule is COc1nccc(N)c1CSc1nc2c(c(=O)[nH]1)CCC2. The van der Waals surface area contributed by atoms with Gasteiger partial charge < -0.3 is 15.5 Å². The molecule has 2 heterocycles. The molecule has 0 saturated heterocycles. The van der Waals surface area contributed by atoms with E-state index in [4.69, 9.17) is 10.5 Å². The highest BCUT2D eigenvalue weighted by atomic mass is 32.2. The Morgan fingerprint density at radius 1 is 1.48 bits per heavy atom. The Kier molecular flexibility index (Phi) is 3.83. The van der Waals surface area contributed by atoms with Crippen molar-refractivity contribution >= 4 is 17.4 Å². The molecule has 0 bridgehead atoms. The lowest BCUT2D eigenvalue weighted by molar-refractivity contribution is 0.394. The number of aryl methyl sites for hydroxylation is 1. The van der Waals surface area contributed by atoms with Gasteiger partial charge in [0.1, 0.15) is 0 Å². The molecule has 6 nitrogen and oxygen atoms in total. The van der Waals surface area contributed by atoms with Crippen molar-refractivity contribution in [1.29, 1.82) is 0 Å². The average Bonchev–Trinajstić information content (AvgIpc) is 2.94. The maximum atomic E-state index is 12.0. The molecular weight excluding hydrogens is 288 g/mol. The monoisotopic (exact) mass is 304 g/mol. The van der Waals surface area contributed by atoms with Crippen LogP contribution in [-0.4, -0.2) is 22.1 Å². The highest BCUT2D eigenvalue weighted by Gasteiger charge is 2.18. The van der Waals surface area contributed by atoms with Gasteiger partial charge >= 0.3 is 0 Å². The zero-order chi connectivity index (χ0) is 14.8. The number of nitrogens with one attached hydrogen (secondary N) is 1. The highest BCUT2D eigenvalue weighted by molar-refractivity contribution is 7.98. The van der Waals surface area contributed by atoms with E-state index in [1.54, 1.807) is 19.4 Å². The number of nitrogen functional groups attached to an aromatic ring is 1. The minimum atomic E-state index is -0.0221. The summed E-state index contributed by atoms with van der Waals surface area (Å²) in [5.41, 5.74) is 9.12. The Morgan fingerprint density at radius 3 is 3.14 bits per heavy atom. The van der Waals surface area contributed by atoms with Crippen LogP contribution >= 0.6 is 11.8 Å². The van der Waals surface area contributed by atoms with Crippen LogP contribution in [0.25, 0.3) is 0 Å². The summed E-state index contributed by atoms with van der Waals surface area (Å²) in [6.07, 6.45) is 4.32. The standard InChI is InChI=1S/C14H16N4O2S/c1-20-13-9(10(15)5-6-16-13)7-21-14-17-11-4-2-3-8(11)12(19)18-14/h5-6H,2-4,7H2,1H3,(H2,15,16)(H,17,18,19).